The van der Waals surface area contributed by atoms with Gasteiger partial charge in [-0.25, -0.2) is 4.79 Å². The van der Waals surface area contributed by atoms with Crippen LogP contribution in [0.4, 0.5) is 5.69 Å². The number of benzene rings is 1. The van der Waals surface area contributed by atoms with Gasteiger partial charge in [0.15, 0.2) is 6.04 Å². The van der Waals surface area contributed by atoms with Gasteiger partial charge in [0.25, 0.3) is 0 Å². The summed E-state index contributed by atoms with van der Waals surface area (Å²) < 4.78 is 5.24. The van der Waals surface area contributed by atoms with Crippen molar-refractivity contribution in [3.05, 3.63) is 24.4 Å². The highest BCUT2D eigenvalue weighted by Crippen LogP contribution is 2.28. The van der Waals surface area contributed by atoms with Gasteiger partial charge in [0.2, 0.25) is 0 Å². The lowest BCUT2D eigenvalue weighted by Crippen LogP contribution is -2.50. The van der Waals surface area contributed by atoms with Crippen molar-refractivity contribution < 1.29 is 14.6 Å². The molecule has 0 aliphatic carbocycles. The van der Waals surface area contributed by atoms with Gasteiger partial charge < -0.3 is 14.7 Å². The first-order valence-corrected chi connectivity index (χ1v) is 5.76. The summed E-state index contributed by atoms with van der Waals surface area (Å²) in [6.07, 6.45) is 1.72. The first kappa shape index (κ1) is 11.0. The Morgan fingerprint density at radius 3 is 3.28 bits per heavy atom. The molecule has 0 spiro atoms. The van der Waals surface area contributed by atoms with Gasteiger partial charge >= 0.3 is 5.97 Å². The van der Waals surface area contributed by atoms with E-state index in [4.69, 9.17) is 4.74 Å². The molecule has 0 saturated carbocycles. The molecule has 0 bridgehead atoms. The number of H-pyrrole nitrogens is 1. The molecule has 1 aromatic heterocycles. The first-order valence-electron chi connectivity index (χ1n) is 5.76. The summed E-state index contributed by atoms with van der Waals surface area (Å²) in [4.78, 5) is 13.1. The fraction of sp³-hybridized carbons (Fsp3) is 0.333. The number of ether oxygens (including phenoxy) is 1. The highest BCUT2D eigenvalue weighted by Gasteiger charge is 2.30. The lowest BCUT2D eigenvalue weighted by molar-refractivity contribution is -0.141. The van der Waals surface area contributed by atoms with Crippen LogP contribution in [0.5, 0.6) is 0 Å². The van der Waals surface area contributed by atoms with E-state index in [-0.39, 0.29) is 6.61 Å². The largest absolute Gasteiger partial charge is 0.480 e. The minimum Gasteiger partial charge on any atom is -0.480 e. The van der Waals surface area contributed by atoms with E-state index in [1.54, 1.807) is 6.20 Å². The Kier molecular flexibility index (Phi) is 2.64. The van der Waals surface area contributed by atoms with Crippen LogP contribution in [0.15, 0.2) is 24.4 Å². The fourth-order valence-corrected chi connectivity index (χ4v) is 2.30. The van der Waals surface area contributed by atoms with Crippen molar-refractivity contribution >= 4 is 22.6 Å². The number of nitrogens with one attached hydrogen (secondary N) is 1. The average Bonchev–Trinajstić information content (AvgIpc) is 2.86. The Morgan fingerprint density at radius 2 is 2.44 bits per heavy atom. The van der Waals surface area contributed by atoms with Crippen molar-refractivity contribution in [1.29, 1.82) is 0 Å². The average molecular weight is 247 g/mol. The van der Waals surface area contributed by atoms with Crippen LogP contribution in [0.3, 0.4) is 0 Å². The number of aromatic nitrogens is 2. The molecule has 0 amide bonds. The maximum Gasteiger partial charge on any atom is 0.328 e. The smallest absolute Gasteiger partial charge is 0.328 e. The fourth-order valence-electron chi connectivity index (χ4n) is 2.30. The lowest BCUT2D eigenvalue weighted by atomic mass is 10.1. The van der Waals surface area contributed by atoms with Crippen LogP contribution in [0.2, 0.25) is 0 Å². The minimum absolute atomic E-state index is 0.212. The SMILES string of the molecule is O=C(O)C1COCCN1c1cccc2[nH]ncc12. The third-order valence-electron chi connectivity index (χ3n) is 3.18. The molecule has 1 saturated heterocycles. The molecule has 18 heavy (non-hydrogen) atoms. The van der Waals surface area contributed by atoms with Gasteiger partial charge in [0.1, 0.15) is 0 Å². The van der Waals surface area contributed by atoms with E-state index in [1.807, 2.05) is 23.1 Å². The molecule has 2 heterocycles. The maximum absolute atomic E-state index is 11.3. The molecule has 3 rings (SSSR count). The van der Waals surface area contributed by atoms with Crippen LogP contribution in [0.25, 0.3) is 10.9 Å². The van der Waals surface area contributed by atoms with Crippen LogP contribution in [-0.2, 0) is 9.53 Å². The Balaban J connectivity index is 2.06. The maximum atomic E-state index is 11.3. The molecule has 6 nitrogen and oxygen atoms in total. The number of carboxylic acids is 1. The van der Waals surface area contributed by atoms with Crippen molar-refractivity contribution in [3.63, 3.8) is 0 Å². The Morgan fingerprint density at radius 1 is 1.56 bits per heavy atom. The molecule has 2 aromatic rings. The van der Waals surface area contributed by atoms with Crippen molar-refractivity contribution in [2.24, 2.45) is 0 Å². The number of hydrogen-bond acceptors (Lipinski definition) is 4. The van der Waals surface area contributed by atoms with Crippen LogP contribution in [0, 0.1) is 0 Å². The summed E-state index contributed by atoms with van der Waals surface area (Å²) in [5.41, 5.74) is 1.79. The van der Waals surface area contributed by atoms with Gasteiger partial charge in [-0.2, -0.15) is 5.10 Å². The molecule has 1 aromatic carbocycles. The van der Waals surface area contributed by atoms with E-state index in [0.29, 0.717) is 13.2 Å². The van der Waals surface area contributed by atoms with Crippen molar-refractivity contribution in [3.8, 4) is 0 Å². The van der Waals surface area contributed by atoms with E-state index >= 15 is 0 Å². The van der Waals surface area contributed by atoms with Crippen LogP contribution in [0.1, 0.15) is 0 Å². The van der Waals surface area contributed by atoms with Gasteiger partial charge in [0, 0.05) is 17.6 Å². The lowest BCUT2D eigenvalue weighted by Gasteiger charge is -2.35. The second-order valence-corrected chi connectivity index (χ2v) is 4.23. The minimum atomic E-state index is -0.866. The zero-order valence-electron chi connectivity index (χ0n) is 9.67. The second-order valence-electron chi connectivity index (χ2n) is 4.23. The number of aliphatic carboxylic acids is 1. The summed E-state index contributed by atoms with van der Waals surface area (Å²) in [7, 11) is 0. The number of fused-ring (bicyclic) bond motifs is 1. The summed E-state index contributed by atoms with van der Waals surface area (Å²) in [5, 5.41) is 17.1. The summed E-state index contributed by atoms with van der Waals surface area (Å²) in [5.74, 6) is -0.866. The number of carbonyl (C=O) groups is 1. The van der Waals surface area contributed by atoms with E-state index in [9.17, 15) is 9.90 Å². The molecule has 1 aliphatic rings. The van der Waals surface area contributed by atoms with E-state index in [2.05, 4.69) is 10.2 Å². The number of rotatable bonds is 2. The molecule has 2 N–H and O–H groups in total. The van der Waals surface area contributed by atoms with Crippen molar-refractivity contribution in [2.45, 2.75) is 6.04 Å². The number of nitrogens with zero attached hydrogens (tertiary/aromatic N) is 2. The van der Waals surface area contributed by atoms with Crippen molar-refractivity contribution in [1.82, 2.24) is 10.2 Å². The standard InChI is InChI=1S/C12H13N3O3/c16-12(17)11-7-18-5-4-15(11)10-3-1-2-9-8(10)6-13-14-9/h1-3,6,11H,4-5,7H2,(H,13,14)(H,16,17). The molecular formula is C12H13N3O3. The summed E-state index contributed by atoms with van der Waals surface area (Å²) >= 11 is 0. The normalized spacial score (nSPS) is 20.2. The van der Waals surface area contributed by atoms with Crippen LogP contribution < -0.4 is 4.90 Å². The molecule has 6 heteroatoms. The number of anilines is 1. The molecule has 94 valence electrons. The molecule has 1 unspecified atom stereocenters. The van der Waals surface area contributed by atoms with E-state index < -0.39 is 12.0 Å². The van der Waals surface area contributed by atoms with Gasteiger partial charge in [-0.05, 0) is 12.1 Å². The highest BCUT2D eigenvalue weighted by molar-refractivity contribution is 5.93. The Bertz CT molecular complexity index is 581. The number of morpholine rings is 1. The Labute approximate surface area is 103 Å². The first-order chi connectivity index (χ1) is 8.77. The van der Waals surface area contributed by atoms with Gasteiger partial charge in [0.05, 0.1) is 24.9 Å². The van der Waals surface area contributed by atoms with Gasteiger partial charge in [-0.1, -0.05) is 6.07 Å². The molecule has 1 fully saturated rings. The van der Waals surface area contributed by atoms with Crippen LogP contribution in [-0.4, -0.2) is 47.1 Å². The van der Waals surface area contributed by atoms with Gasteiger partial charge in [-0.15, -0.1) is 0 Å². The molecular weight excluding hydrogens is 234 g/mol. The predicted molar refractivity (Wildman–Crippen MR) is 65.7 cm³/mol. The molecule has 0 radical (unpaired) electrons. The summed E-state index contributed by atoms with van der Waals surface area (Å²) in [6.45, 7) is 1.32. The quantitative estimate of drug-likeness (QED) is 0.822. The van der Waals surface area contributed by atoms with Gasteiger partial charge in [-0.3, -0.25) is 5.10 Å². The predicted octanol–water partition coefficient (Wildman–Crippen LogP) is 0.853. The third kappa shape index (κ3) is 1.70. The summed E-state index contributed by atoms with van der Waals surface area (Å²) in [6, 6.07) is 5.09. The van der Waals surface area contributed by atoms with E-state index in [0.717, 1.165) is 16.6 Å². The Hall–Kier alpha value is -2.08. The number of hydrogen-bond donors (Lipinski definition) is 2. The zero-order chi connectivity index (χ0) is 12.5. The van der Waals surface area contributed by atoms with Crippen LogP contribution >= 0.6 is 0 Å². The molecule has 1 aliphatic heterocycles. The van der Waals surface area contributed by atoms with Crippen molar-refractivity contribution in [2.75, 3.05) is 24.7 Å². The topological polar surface area (TPSA) is 78.5 Å². The highest BCUT2D eigenvalue weighted by atomic mass is 16.5. The number of aromatic amines is 1. The van der Waals surface area contributed by atoms with E-state index in [1.165, 1.54) is 0 Å². The number of carboxylic acid groups (broad SMARTS) is 1. The molecule has 1 atom stereocenters. The zero-order valence-corrected chi connectivity index (χ0v) is 9.67. The second kappa shape index (κ2) is 4.30. The monoisotopic (exact) mass is 247 g/mol. The third-order valence-corrected chi connectivity index (χ3v) is 3.18.